The standard InChI is InChI=1S/C38H79O9PS/c1-4-7-9-11-13-15-17-19-21-23-25-27-29-31-34-46-38(40,36(33-6-3)47-48(41,42)43)37(39)49(44,45)35-32-30-28-26-24-22-20-18-16-14-12-10-8-5-2/h36-37,39-40H,4-35H2,1-3H3,(H2,41,42,43). The molecule has 0 rings (SSSR count). The SMILES string of the molecule is CCCCCCCCCCCCCCCCOC(O)(C(CCC)OP(=O)(O)O)C(O)S(=O)(=O)CCCCCCCCCCCCCCCC. The number of phosphoric ester groups is 1. The summed E-state index contributed by atoms with van der Waals surface area (Å²) in [5.41, 5.74) is -2.39. The Hall–Kier alpha value is -0.0600. The van der Waals surface area contributed by atoms with Crippen LogP contribution in [0.25, 0.3) is 0 Å². The lowest BCUT2D eigenvalue weighted by molar-refractivity contribution is -0.280. The number of aliphatic hydroxyl groups excluding tert-OH is 1. The second-order valence-corrected chi connectivity index (χ2v) is 17.8. The van der Waals surface area contributed by atoms with E-state index >= 15 is 0 Å². The second kappa shape index (κ2) is 31.5. The summed E-state index contributed by atoms with van der Waals surface area (Å²) in [6, 6.07) is 0. The van der Waals surface area contributed by atoms with Crippen molar-refractivity contribution < 1.29 is 42.2 Å². The molecule has 0 amide bonds. The maximum atomic E-state index is 13.2. The molecule has 0 bridgehead atoms. The van der Waals surface area contributed by atoms with Gasteiger partial charge in [-0.3, -0.25) is 4.52 Å². The first-order chi connectivity index (χ1) is 23.4. The number of aliphatic hydroxyl groups is 2. The lowest BCUT2D eigenvalue weighted by atomic mass is 10.0. The van der Waals surface area contributed by atoms with Crippen LogP contribution in [0.2, 0.25) is 0 Å². The van der Waals surface area contributed by atoms with E-state index in [1.165, 1.54) is 116 Å². The number of hydrogen-bond acceptors (Lipinski definition) is 7. The summed E-state index contributed by atoms with van der Waals surface area (Å²) in [6.07, 6.45) is 30.4. The van der Waals surface area contributed by atoms with Gasteiger partial charge in [0.25, 0.3) is 0 Å². The van der Waals surface area contributed by atoms with Crippen molar-refractivity contribution in [3.05, 3.63) is 0 Å². The fourth-order valence-corrected chi connectivity index (χ4v) is 8.64. The molecule has 0 aliphatic rings. The smallest absolute Gasteiger partial charge is 0.373 e. The van der Waals surface area contributed by atoms with Crippen LogP contribution < -0.4 is 0 Å². The number of rotatable bonds is 38. The summed E-state index contributed by atoms with van der Waals surface area (Å²) < 4.78 is 48.6. The van der Waals surface area contributed by atoms with Crippen molar-refractivity contribution in [1.29, 1.82) is 0 Å². The Labute approximate surface area is 302 Å². The van der Waals surface area contributed by atoms with Gasteiger partial charge in [0, 0.05) is 0 Å². The van der Waals surface area contributed by atoms with Crippen LogP contribution in [0, 0.1) is 0 Å². The molecule has 4 N–H and O–H groups in total. The fourth-order valence-electron chi connectivity index (χ4n) is 6.49. The summed E-state index contributed by atoms with van der Waals surface area (Å²) in [5, 5.41) is 22.5. The first-order valence-electron chi connectivity index (χ1n) is 20.4. The van der Waals surface area contributed by atoms with Crippen LogP contribution in [0.15, 0.2) is 0 Å². The zero-order chi connectivity index (χ0) is 36.7. The molecule has 0 aromatic rings. The summed E-state index contributed by atoms with van der Waals surface area (Å²) >= 11 is 0. The Kier molecular flexibility index (Phi) is 31.4. The van der Waals surface area contributed by atoms with E-state index in [1.807, 2.05) is 0 Å². The van der Waals surface area contributed by atoms with E-state index in [9.17, 15) is 33.0 Å². The van der Waals surface area contributed by atoms with E-state index in [0.29, 0.717) is 25.7 Å². The second-order valence-electron chi connectivity index (χ2n) is 14.4. The lowest BCUT2D eigenvalue weighted by Crippen LogP contribution is -2.58. The van der Waals surface area contributed by atoms with Gasteiger partial charge in [0.05, 0.1) is 12.4 Å². The molecule has 0 heterocycles. The molecule has 49 heavy (non-hydrogen) atoms. The maximum Gasteiger partial charge on any atom is 0.470 e. The van der Waals surface area contributed by atoms with E-state index in [0.717, 1.165) is 44.9 Å². The highest BCUT2D eigenvalue weighted by Gasteiger charge is 2.53. The van der Waals surface area contributed by atoms with Crippen LogP contribution >= 0.6 is 7.82 Å². The first kappa shape index (κ1) is 48.9. The predicted octanol–water partition coefficient (Wildman–Crippen LogP) is 10.7. The van der Waals surface area contributed by atoms with Gasteiger partial charge in [0.2, 0.25) is 11.2 Å². The highest BCUT2D eigenvalue weighted by atomic mass is 32.2. The van der Waals surface area contributed by atoms with Gasteiger partial charge in [-0.1, -0.05) is 194 Å². The van der Waals surface area contributed by atoms with Crippen molar-refractivity contribution in [1.82, 2.24) is 0 Å². The number of ether oxygens (including phenoxy) is 1. The summed E-state index contributed by atoms with van der Waals surface area (Å²) in [7, 11) is -9.39. The van der Waals surface area contributed by atoms with Gasteiger partial charge in [0.15, 0.2) is 9.84 Å². The van der Waals surface area contributed by atoms with Crippen molar-refractivity contribution in [3.63, 3.8) is 0 Å². The third kappa shape index (κ3) is 27.2. The number of phosphoric acid groups is 1. The topological polar surface area (TPSA) is 151 Å². The quantitative estimate of drug-likeness (QED) is 0.0275. The van der Waals surface area contributed by atoms with Crippen LogP contribution in [0.3, 0.4) is 0 Å². The molecule has 0 saturated heterocycles. The van der Waals surface area contributed by atoms with Crippen LogP contribution in [0.1, 0.15) is 213 Å². The number of unbranched alkanes of at least 4 members (excludes halogenated alkanes) is 26. The molecule has 296 valence electrons. The van der Waals surface area contributed by atoms with Crippen molar-refractivity contribution in [3.8, 4) is 0 Å². The van der Waals surface area contributed by atoms with Crippen LogP contribution in [-0.4, -0.2) is 58.1 Å². The minimum Gasteiger partial charge on any atom is -0.373 e. The van der Waals surface area contributed by atoms with Gasteiger partial charge in [-0.05, 0) is 19.3 Å². The van der Waals surface area contributed by atoms with E-state index in [2.05, 4.69) is 13.8 Å². The minimum atomic E-state index is -5.11. The van der Waals surface area contributed by atoms with Gasteiger partial charge in [0.1, 0.15) is 6.10 Å². The average Bonchev–Trinajstić information content (AvgIpc) is 3.05. The molecule has 0 spiro atoms. The molecule has 0 aliphatic carbocycles. The largest absolute Gasteiger partial charge is 0.470 e. The van der Waals surface area contributed by atoms with Gasteiger partial charge >= 0.3 is 7.82 Å². The molecule has 3 unspecified atom stereocenters. The summed E-state index contributed by atoms with van der Waals surface area (Å²) in [5.74, 6) is -3.16. The molecule has 0 radical (unpaired) electrons. The molecule has 11 heteroatoms. The normalized spacial score (nSPS) is 15.0. The van der Waals surface area contributed by atoms with E-state index in [-0.39, 0.29) is 18.8 Å². The Morgan fingerprint density at radius 1 is 0.551 bits per heavy atom. The van der Waals surface area contributed by atoms with Gasteiger partial charge in [-0.15, -0.1) is 0 Å². The third-order valence-electron chi connectivity index (χ3n) is 9.58. The Morgan fingerprint density at radius 3 is 1.20 bits per heavy atom. The summed E-state index contributed by atoms with van der Waals surface area (Å²) in [6.45, 7) is 6.11. The van der Waals surface area contributed by atoms with Gasteiger partial charge < -0.3 is 24.7 Å². The Balaban J connectivity index is 4.64. The molecule has 0 aliphatic heterocycles. The molecule has 0 saturated carbocycles. The van der Waals surface area contributed by atoms with Crippen molar-refractivity contribution >= 4 is 17.7 Å². The molecular weight excluding hydrogens is 663 g/mol. The average molecular weight is 743 g/mol. The van der Waals surface area contributed by atoms with Gasteiger partial charge in [-0.2, -0.15) is 0 Å². The van der Waals surface area contributed by atoms with E-state index in [1.54, 1.807) is 6.92 Å². The molecular formula is C38H79O9PS. The van der Waals surface area contributed by atoms with E-state index in [4.69, 9.17) is 9.26 Å². The third-order valence-corrected chi connectivity index (χ3v) is 12.0. The van der Waals surface area contributed by atoms with Crippen molar-refractivity contribution in [2.24, 2.45) is 0 Å². The predicted molar refractivity (Wildman–Crippen MR) is 203 cm³/mol. The monoisotopic (exact) mass is 743 g/mol. The van der Waals surface area contributed by atoms with E-state index < -0.39 is 35.0 Å². The van der Waals surface area contributed by atoms with Crippen LogP contribution in [0.5, 0.6) is 0 Å². The Bertz CT molecular complexity index is 882. The highest BCUT2D eigenvalue weighted by Crippen LogP contribution is 2.43. The minimum absolute atomic E-state index is 0.0648. The number of hydrogen-bond donors (Lipinski definition) is 4. The lowest BCUT2D eigenvalue weighted by Gasteiger charge is -2.38. The fraction of sp³-hybridized carbons (Fsp3) is 1.00. The highest BCUT2D eigenvalue weighted by molar-refractivity contribution is 7.91. The van der Waals surface area contributed by atoms with Crippen molar-refractivity contribution in [2.45, 2.75) is 231 Å². The summed E-state index contributed by atoms with van der Waals surface area (Å²) in [4.78, 5) is 19.0. The molecule has 9 nitrogen and oxygen atoms in total. The van der Waals surface area contributed by atoms with Crippen LogP contribution in [-0.2, 0) is 23.7 Å². The first-order valence-corrected chi connectivity index (χ1v) is 23.7. The molecule has 0 aromatic carbocycles. The van der Waals surface area contributed by atoms with Crippen LogP contribution in [0.4, 0.5) is 0 Å². The van der Waals surface area contributed by atoms with Gasteiger partial charge in [-0.25, -0.2) is 13.0 Å². The maximum absolute atomic E-state index is 13.2. The Morgan fingerprint density at radius 2 is 0.878 bits per heavy atom. The molecule has 0 fully saturated rings. The zero-order valence-corrected chi connectivity index (χ0v) is 33.7. The van der Waals surface area contributed by atoms with Crippen molar-refractivity contribution in [2.75, 3.05) is 12.4 Å². The zero-order valence-electron chi connectivity index (χ0n) is 32.0. The number of sulfone groups is 1. The molecule has 0 aromatic heterocycles. The molecule has 3 atom stereocenters.